The van der Waals surface area contributed by atoms with Gasteiger partial charge in [0.25, 0.3) is 0 Å². The molecule has 0 aliphatic carbocycles. The van der Waals surface area contributed by atoms with Crippen LogP contribution in [-0.4, -0.2) is 17.2 Å². The van der Waals surface area contributed by atoms with Gasteiger partial charge in [-0.2, -0.15) is 0 Å². The topological polar surface area (TPSA) is 42.4 Å². The first-order valence-electron chi connectivity index (χ1n) is 5.93. The number of hydrogen-bond donors (Lipinski definition) is 1. The Morgan fingerprint density at radius 1 is 1.28 bits per heavy atom. The first-order valence-corrected chi connectivity index (χ1v) is 5.93. The number of methoxy groups -OCH3 is 1. The molecule has 0 radical (unpaired) electrons. The molecule has 1 aromatic carbocycles. The molecule has 0 saturated carbocycles. The van der Waals surface area contributed by atoms with Gasteiger partial charge < -0.3 is 9.84 Å². The van der Waals surface area contributed by atoms with Crippen molar-refractivity contribution in [1.82, 2.24) is 4.98 Å². The molecule has 0 aliphatic rings. The largest absolute Gasteiger partial charge is 0.392 e. The van der Waals surface area contributed by atoms with E-state index in [1.807, 2.05) is 37.3 Å². The van der Waals surface area contributed by atoms with Crippen LogP contribution in [0, 0.1) is 0 Å². The van der Waals surface area contributed by atoms with Crippen LogP contribution >= 0.6 is 0 Å². The van der Waals surface area contributed by atoms with Crippen LogP contribution in [0.2, 0.25) is 0 Å². The van der Waals surface area contributed by atoms with Crippen molar-refractivity contribution >= 4 is 0 Å². The number of rotatable bonds is 4. The SMILES string of the molecule is CO[C@H](C)c1cccc(-c2cc(CO)ccn2)c1. The molecule has 3 heteroatoms. The van der Waals surface area contributed by atoms with E-state index in [9.17, 15) is 0 Å². The van der Waals surface area contributed by atoms with Crippen molar-refractivity contribution in [3.63, 3.8) is 0 Å². The van der Waals surface area contributed by atoms with Crippen LogP contribution in [0.1, 0.15) is 24.2 Å². The second kappa shape index (κ2) is 5.76. The van der Waals surface area contributed by atoms with Crippen molar-refractivity contribution in [1.29, 1.82) is 0 Å². The van der Waals surface area contributed by atoms with Crippen molar-refractivity contribution < 1.29 is 9.84 Å². The average Bonchev–Trinajstić information content (AvgIpc) is 2.46. The highest BCUT2D eigenvalue weighted by atomic mass is 16.5. The van der Waals surface area contributed by atoms with Gasteiger partial charge in [-0.3, -0.25) is 4.98 Å². The fourth-order valence-electron chi connectivity index (χ4n) is 1.82. The maximum absolute atomic E-state index is 9.14. The summed E-state index contributed by atoms with van der Waals surface area (Å²) in [5, 5.41) is 9.14. The molecular weight excluding hydrogens is 226 g/mol. The third-order valence-electron chi connectivity index (χ3n) is 3.01. The summed E-state index contributed by atoms with van der Waals surface area (Å²) in [6.45, 7) is 2.04. The van der Waals surface area contributed by atoms with Crippen molar-refractivity contribution in [3.8, 4) is 11.3 Å². The molecule has 2 rings (SSSR count). The van der Waals surface area contributed by atoms with Gasteiger partial charge in [-0.05, 0) is 36.2 Å². The Morgan fingerprint density at radius 3 is 2.83 bits per heavy atom. The second-order valence-corrected chi connectivity index (χ2v) is 4.21. The molecule has 0 spiro atoms. The lowest BCUT2D eigenvalue weighted by molar-refractivity contribution is 0.119. The highest BCUT2D eigenvalue weighted by Crippen LogP contribution is 2.23. The molecule has 2 aromatic rings. The number of nitrogens with zero attached hydrogens (tertiary/aromatic N) is 1. The lowest BCUT2D eigenvalue weighted by atomic mass is 10.0. The lowest BCUT2D eigenvalue weighted by Gasteiger charge is -2.11. The van der Waals surface area contributed by atoms with Gasteiger partial charge in [0, 0.05) is 18.9 Å². The van der Waals surface area contributed by atoms with Gasteiger partial charge >= 0.3 is 0 Å². The third-order valence-corrected chi connectivity index (χ3v) is 3.01. The van der Waals surface area contributed by atoms with E-state index in [4.69, 9.17) is 9.84 Å². The van der Waals surface area contributed by atoms with E-state index in [0.717, 1.165) is 22.4 Å². The smallest absolute Gasteiger partial charge is 0.0793 e. The van der Waals surface area contributed by atoms with Gasteiger partial charge in [-0.1, -0.05) is 18.2 Å². The third kappa shape index (κ3) is 2.75. The maximum atomic E-state index is 9.14. The summed E-state index contributed by atoms with van der Waals surface area (Å²) < 4.78 is 5.31. The molecule has 0 saturated heterocycles. The minimum atomic E-state index is 0.0314. The van der Waals surface area contributed by atoms with Crippen LogP contribution in [0.4, 0.5) is 0 Å². The molecule has 0 aliphatic heterocycles. The molecule has 0 amide bonds. The van der Waals surface area contributed by atoms with Crippen LogP contribution in [0.5, 0.6) is 0 Å². The van der Waals surface area contributed by atoms with Gasteiger partial charge in [0.1, 0.15) is 0 Å². The monoisotopic (exact) mass is 243 g/mol. The zero-order valence-corrected chi connectivity index (χ0v) is 10.6. The van der Waals surface area contributed by atoms with Crippen molar-refractivity contribution in [2.45, 2.75) is 19.6 Å². The first-order chi connectivity index (χ1) is 8.74. The van der Waals surface area contributed by atoms with Crippen molar-refractivity contribution in [2.75, 3.05) is 7.11 Å². The fourth-order valence-corrected chi connectivity index (χ4v) is 1.82. The van der Waals surface area contributed by atoms with E-state index in [0.29, 0.717) is 0 Å². The normalized spacial score (nSPS) is 12.4. The zero-order chi connectivity index (χ0) is 13.0. The van der Waals surface area contributed by atoms with E-state index < -0.39 is 0 Å². The van der Waals surface area contributed by atoms with Crippen molar-refractivity contribution in [3.05, 3.63) is 53.7 Å². The van der Waals surface area contributed by atoms with Gasteiger partial charge in [0.2, 0.25) is 0 Å². The summed E-state index contributed by atoms with van der Waals surface area (Å²) >= 11 is 0. The number of benzene rings is 1. The standard InChI is InChI=1S/C15H17NO2/c1-11(18-2)13-4-3-5-14(9-13)15-8-12(10-17)6-7-16-15/h3-9,11,17H,10H2,1-2H3/t11-/m1/s1. The summed E-state index contributed by atoms with van der Waals surface area (Å²) in [7, 11) is 1.70. The number of ether oxygens (including phenoxy) is 1. The molecule has 1 heterocycles. The van der Waals surface area contributed by atoms with Crippen molar-refractivity contribution in [2.24, 2.45) is 0 Å². The summed E-state index contributed by atoms with van der Waals surface area (Å²) in [5.41, 5.74) is 3.88. The second-order valence-electron chi connectivity index (χ2n) is 4.21. The summed E-state index contributed by atoms with van der Waals surface area (Å²) in [5.74, 6) is 0. The quantitative estimate of drug-likeness (QED) is 0.897. The van der Waals surface area contributed by atoms with E-state index in [-0.39, 0.29) is 12.7 Å². The number of aliphatic hydroxyl groups excluding tert-OH is 1. The predicted octanol–water partition coefficient (Wildman–Crippen LogP) is 2.95. The van der Waals surface area contributed by atoms with Crippen LogP contribution in [0.25, 0.3) is 11.3 Å². The first kappa shape index (κ1) is 12.7. The molecule has 18 heavy (non-hydrogen) atoms. The van der Waals surface area contributed by atoms with Crippen LogP contribution in [-0.2, 0) is 11.3 Å². The van der Waals surface area contributed by atoms with Crippen LogP contribution in [0.15, 0.2) is 42.6 Å². The van der Waals surface area contributed by atoms with E-state index in [2.05, 4.69) is 11.1 Å². The number of aliphatic hydroxyl groups is 1. The predicted molar refractivity (Wildman–Crippen MR) is 71.0 cm³/mol. The van der Waals surface area contributed by atoms with E-state index in [1.54, 1.807) is 13.3 Å². The number of hydrogen-bond acceptors (Lipinski definition) is 3. The van der Waals surface area contributed by atoms with E-state index in [1.165, 1.54) is 0 Å². The van der Waals surface area contributed by atoms with Crippen LogP contribution < -0.4 is 0 Å². The molecular formula is C15H17NO2. The molecule has 94 valence electrons. The molecule has 0 unspecified atom stereocenters. The molecule has 0 bridgehead atoms. The molecule has 1 N–H and O–H groups in total. The summed E-state index contributed by atoms with van der Waals surface area (Å²) in [6.07, 6.45) is 1.78. The molecule has 1 atom stereocenters. The van der Waals surface area contributed by atoms with Gasteiger partial charge in [-0.15, -0.1) is 0 Å². The Labute approximate surface area is 107 Å². The lowest BCUT2D eigenvalue weighted by Crippen LogP contribution is -1.96. The average molecular weight is 243 g/mol. The van der Waals surface area contributed by atoms with Gasteiger partial charge in [0.05, 0.1) is 18.4 Å². The number of pyridine rings is 1. The minimum Gasteiger partial charge on any atom is -0.392 e. The Balaban J connectivity index is 2.38. The van der Waals surface area contributed by atoms with Crippen LogP contribution in [0.3, 0.4) is 0 Å². The van der Waals surface area contributed by atoms with Gasteiger partial charge in [-0.25, -0.2) is 0 Å². The summed E-state index contributed by atoms with van der Waals surface area (Å²) in [4.78, 5) is 4.33. The minimum absolute atomic E-state index is 0.0314. The Hall–Kier alpha value is -1.71. The molecule has 1 aromatic heterocycles. The zero-order valence-electron chi connectivity index (χ0n) is 10.6. The number of aromatic nitrogens is 1. The highest BCUT2D eigenvalue weighted by Gasteiger charge is 2.06. The van der Waals surface area contributed by atoms with E-state index >= 15 is 0 Å². The Kier molecular flexibility index (Phi) is 4.07. The molecule has 0 fully saturated rings. The summed E-state index contributed by atoms with van der Waals surface area (Å²) in [6, 6.07) is 11.8. The Morgan fingerprint density at radius 2 is 2.11 bits per heavy atom. The van der Waals surface area contributed by atoms with Gasteiger partial charge in [0.15, 0.2) is 0 Å². The Bertz CT molecular complexity index is 525. The highest BCUT2D eigenvalue weighted by molar-refractivity contribution is 5.60. The fraction of sp³-hybridized carbons (Fsp3) is 0.267. The maximum Gasteiger partial charge on any atom is 0.0793 e. The molecule has 3 nitrogen and oxygen atoms in total.